The molecule has 0 saturated carbocycles. The number of aryl methyl sites for hydroxylation is 1. The molecule has 2 aliphatic rings. The topological polar surface area (TPSA) is 53.9 Å². The number of oxime groups is 1. The SMILES string of the molecule is CCc1cnc(N2CCC(ON=C3CCN(c4cc(F)c(Br)cc4F)CC3)CC2)nc1. The van der Waals surface area contributed by atoms with E-state index < -0.39 is 11.6 Å². The molecule has 31 heavy (non-hydrogen) atoms. The minimum atomic E-state index is -0.461. The summed E-state index contributed by atoms with van der Waals surface area (Å²) in [6.07, 6.45) is 7.87. The van der Waals surface area contributed by atoms with Crippen LogP contribution in [0.2, 0.25) is 0 Å². The van der Waals surface area contributed by atoms with Crippen LogP contribution in [0.1, 0.15) is 38.2 Å². The molecule has 166 valence electrons. The Kier molecular flexibility index (Phi) is 6.99. The summed E-state index contributed by atoms with van der Waals surface area (Å²) in [7, 11) is 0. The minimum Gasteiger partial charge on any atom is -0.392 e. The number of benzene rings is 1. The first-order chi connectivity index (χ1) is 15.0. The summed E-state index contributed by atoms with van der Waals surface area (Å²) < 4.78 is 28.1. The van der Waals surface area contributed by atoms with Crippen molar-refractivity contribution in [2.45, 2.75) is 45.1 Å². The van der Waals surface area contributed by atoms with Gasteiger partial charge >= 0.3 is 0 Å². The number of rotatable bonds is 5. The van der Waals surface area contributed by atoms with E-state index in [1.165, 1.54) is 12.1 Å². The highest BCUT2D eigenvalue weighted by atomic mass is 79.9. The summed E-state index contributed by atoms with van der Waals surface area (Å²) in [5, 5.41) is 4.37. The molecule has 0 bridgehead atoms. The van der Waals surface area contributed by atoms with E-state index in [4.69, 9.17) is 4.84 Å². The number of aromatic nitrogens is 2. The average Bonchev–Trinajstić information content (AvgIpc) is 2.81. The highest BCUT2D eigenvalue weighted by molar-refractivity contribution is 9.10. The Labute approximate surface area is 189 Å². The monoisotopic (exact) mass is 493 g/mol. The molecule has 2 aromatic rings. The van der Waals surface area contributed by atoms with Crippen LogP contribution in [0, 0.1) is 11.6 Å². The van der Waals surface area contributed by atoms with Crippen molar-refractivity contribution in [1.29, 1.82) is 0 Å². The molecule has 4 rings (SSSR count). The molecule has 0 spiro atoms. The Morgan fingerprint density at radius 3 is 2.35 bits per heavy atom. The molecule has 1 aromatic carbocycles. The van der Waals surface area contributed by atoms with Gasteiger partial charge in [-0.15, -0.1) is 0 Å². The quantitative estimate of drug-likeness (QED) is 0.445. The van der Waals surface area contributed by atoms with Gasteiger partial charge in [0.1, 0.15) is 17.7 Å². The van der Waals surface area contributed by atoms with Crippen LogP contribution in [0.4, 0.5) is 20.4 Å². The molecule has 0 N–H and O–H groups in total. The normalized spacial score (nSPS) is 17.7. The lowest BCUT2D eigenvalue weighted by atomic mass is 10.1. The van der Waals surface area contributed by atoms with Gasteiger partial charge in [0.2, 0.25) is 5.95 Å². The van der Waals surface area contributed by atoms with Crippen LogP contribution < -0.4 is 9.80 Å². The number of piperidine rings is 2. The van der Waals surface area contributed by atoms with Crippen molar-refractivity contribution in [3.05, 3.63) is 46.2 Å². The lowest BCUT2D eigenvalue weighted by molar-refractivity contribution is 0.0409. The number of hydrogen-bond acceptors (Lipinski definition) is 6. The number of hydrogen-bond donors (Lipinski definition) is 0. The van der Waals surface area contributed by atoms with Gasteiger partial charge in [-0.2, -0.15) is 0 Å². The van der Waals surface area contributed by atoms with Gasteiger partial charge in [0.25, 0.3) is 0 Å². The Balaban J connectivity index is 1.25. The van der Waals surface area contributed by atoms with Crippen molar-refractivity contribution in [2.24, 2.45) is 5.16 Å². The fourth-order valence-corrected chi connectivity index (χ4v) is 4.17. The molecule has 0 amide bonds. The van der Waals surface area contributed by atoms with Gasteiger partial charge in [-0.25, -0.2) is 18.7 Å². The van der Waals surface area contributed by atoms with E-state index in [0.29, 0.717) is 31.6 Å². The van der Waals surface area contributed by atoms with E-state index in [0.717, 1.165) is 49.6 Å². The van der Waals surface area contributed by atoms with E-state index in [-0.39, 0.29) is 10.6 Å². The zero-order valence-electron chi connectivity index (χ0n) is 17.5. The summed E-state index contributed by atoms with van der Waals surface area (Å²) in [6, 6.07) is 2.41. The predicted octanol–water partition coefficient (Wildman–Crippen LogP) is 4.72. The molecule has 1 aromatic heterocycles. The summed E-state index contributed by atoms with van der Waals surface area (Å²) in [6.45, 7) is 4.94. The third-order valence-corrected chi connectivity index (χ3v) is 6.43. The summed E-state index contributed by atoms with van der Waals surface area (Å²) in [4.78, 5) is 18.7. The average molecular weight is 494 g/mol. The Bertz CT molecular complexity index is 922. The Morgan fingerprint density at radius 2 is 1.71 bits per heavy atom. The Morgan fingerprint density at radius 1 is 1.03 bits per heavy atom. The second-order valence-electron chi connectivity index (χ2n) is 7.90. The Hall–Kier alpha value is -2.29. The first kappa shape index (κ1) is 21.9. The number of anilines is 2. The van der Waals surface area contributed by atoms with Crippen molar-refractivity contribution in [1.82, 2.24) is 9.97 Å². The standard InChI is InChI=1S/C22H26BrF2N5O/c1-2-15-13-26-22(27-14-15)30-9-5-17(6-10-30)31-28-16-3-7-29(8-4-16)21-12-19(24)18(23)11-20(21)25/h11-14,17H,2-10H2,1H3. The van der Waals surface area contributed by atoms with Crippen molar-refractivity contribution in [2.75, 3.05) is 36.0 Å². The molecule has 2 fully saturated rings. The third kappa shape index (κ3) is 5.31. The molecular weight excluding hydrogens is 468 g/mol. The number of nitrogens with zero attached hydrogens (tertiary/aromatic N) is 5. The van der Waals surface area contributed by atoms with Crippen LogP contribution in [-0.2, 0) is 11.3 Å². The van der Waals surface area contributed by atoms with Gasteiger partial charge in [0.15, 0.2) is 0 Å². The van der Waals surface area contributed by atoms with Gasteiger partial charge in [-0.05, 0) is 34.0 Å². The van der Waals surface area contributed by atoms with Gasteiger partial charge in [-0.3, -0.25) is 0 Å². The first-order valence-electron chi connectivity index (χ1n) is 10.7. The molecule has 2 aliphatic heterocycles. The van der Waals surface area contributed by atoms with E-state index >= 15 is 0 Å². The minimum absolute atomic E-state index is 0.0784. The molecule has 0 radical (unpaired) electrons. The molecule has 2 saturated heterocycles. The van der Waals surface area contributed by atoms with Crippen molar-refractivity contribution in [3.63, 3.8) is 0 Å². The lowest BCUT2D eigenvalue weighted by Crippen LogP contribution is -2.38. The maximum atomic E-state index is 14.2. The molecule has 0 atom stereocenters. The molecule has 9 heteroatoms. The molecular formula is C22H26BrF2N5O. The van der Waals surface area contributed by atoms with Crippen LogP contribution in [0.25, 0.3) is 0 Å². The summed E-state index contributed by atoms with van der Waals surface area (Å²) >= 11 is 3.02. The first-order valence-corrected chi connectivity index (χ1v) is 11.5. The third-order valence-electron chi connectivity index (χ3n) is 5.83. The van der Waals surface area contributed by atoms with Crippen molar-refractivity contribution in [3.8, 4) is 0 Å². The summed E-state index contributed by atoms with van der Waals surface area (Å²) in [5.74, 6) is -0.117. The maximum absolute atomic E-state index is 14.2. The van der Waals surface area contributed by atoms with E-state index in [9.17, 15) is 8.78 Å². The van der Waals surface area contributed by atoms with Crippen LogP contribution in [-0.4, -0.2) is 48.0 Å². The van der Waals surface area contributed by atoms with Crippen molar-refractivity contribution >= 4 is 33.3 Å². The molecule has 0 aliphatic carbocycles. The van der Waals surface area contributed by atoms with Crippen LogP contribution >= 0.6 is 15.9 Å². The van der Waals surface area contributed by atoms with Crippen LogP contribution in [0.3, 0.4) is 0 Å². The van der Waals surface area contributed by atoms with Crippen LogP contribution in [0.15, 0.2) is 34.2 Å². The summed E-state index contributed by atoms with van der Waals surface area (Å²) in [5.41, 5.74) is 2.40. The highest BCUT2D eigenvalue weighted by Gasteiger charge is 2.24. The second kappa shape index (κ2) is 9.89. The second-order valence-corrected chi connectivity index (χ2v) is 8.75. The number of halogens is 3. The molecule has 0 unspecified atom stereocenters. The predicted molar refractivity (Wildman–Crippen MR) is 121 cm³/mol. The van der Waals surface area contributed by atoms with Crippen molar-refractivity contribution < 1.29 is 13.6 Å². The fraction of sp³-hybridized carbons (Fsp3) is 0.500. The van der Waals surface area contributed by atoms with E-state index in [2.05, 4.69) is 42.9 Å². The van der Waals surface area contributed by atoms with E-state index in [1.54, 1.807) is 0 Å². The van der Waals surface area contributed by atoms with Gasteiger partial charge in [0.05, 0.1) is 15.9 Å². The van der Waals surface area contributed by atoms with E-state index in [1.807, 2.05) is 17.3 Å². The maximum Gasteiger partial charge on any atom is 0.225 e. The van der Waals surface area contributed by atoms with Gasteiger partial charge in [0, 0.05) is 70.3 Å². The highest BCUT2D eigenvalue weighted by Crippen LogP contribution is 2.28. The van der Waals surface area contributed by atoms with Gasteiger partial charge in [-0.1, -0.05) is 12.1 Å². The van der Waals surface area contributed by atoms with Crippen LogP contribution in [0.5, 0.6) is 0 Å². The lowest BCUT2D eigenvalue weighted by Gasteiger charge is -2.32. The van der Waals surface area contributed by atoms with Gasteiger partial charge < -0.3 is 14.6 Å². The zero-order valence-corrected chi connectivity index (χ0v) is 19.1. The molecule has 6 nitrogen and oxygen atoms in total. The fourth-order valence-electron chi connectivity index (χ4n) is 3.86. The largest absolute Gasteiger partial charge is 0.392 e. The smallest absolute Gasteiger partial charge is 0.225 e. The molecule has 3 heterocycles. The zero-order chi connectivity index (χ0) is 21.8.